The normalized spacial score (nSPS) is 11.8. The topological polar surface area (TPSA) is 84.2 Å². The van der Waals surface area contributed by atoms with Gasteiger partial charge in [0.1, 0.15) is 11.3 Å². The van der Waals surface area contributed by atoms with Crippen molar-refractivity contribution in [2.45, 2.75) is 26.9 Å². The molecule has 0 aliphatic heterocycles. The highest BCUT2D eigenvalue weighted by atomic mass is 16.6. The van der Waals surface area contributed by atoms with Gasteiger partial charge >= 0.3 is 11.6 Å². The first-order chi connectivity index (χ1) is 14.4. The third-order valence-corrected chi connectivity index (χ3v) is 4.74. The van der Waals surface area contributed by atoms with Crippen LogP contribution >= 0.6 is 0 Å². The van der Waals surface area contributed by atoms with Crippen LogP contribution in [0.1, 0.15) is 19.4 Å². The zero-order valence-corrected chi connectivity index (χ0v) is 17.6. The molecule has 0 fully saturated rings. The molecule has 0 saturated heterocycles. The van der Waals surface area contributed by atoms with Gasteiger partial charge in [-0.3, -0.25) is 0 Å². The van der Waals surface area contributed by atoms with Crippen molar-refractivity contribution in [2.24, 2.45) is 0 Å². The molecular formula is C23H24O7. The SMILES string of the molecule is CCOC(=O)[C@H](C)Oc1ccc2oc(=O)c(-c3ccc(OC)c(OC)c3)c(C)c2c1. The number of carbonyl (C=O) groups excluding carboxylic acids is 1. The molecule has 7 heteroatoms. The summed E-state index contributed by atoms with van der Waals surface area (Å²) in [6, 6.07) is 10.3. The Hall–Kier alpha value is -3.48. The maximum Gasteiger partial charge on any atom is 0.347 e. The fraction of sp³-hybridized carbons (Fsp3) is 0.304. The average molecular weight is 412 g/mol. The second kappa shape index (κ2) is 8.90. The summed E-state index contributed by atoms with van der Waals surface area (Å²) in [5.74, 6) is 1.10. The van der Waals surface area contributed by atoms with Crippen molar-refractivity contribution in [2.75, 3.05) is 20.8 Å². The van der Waals surface area contributed by atoms with Gasteiger partial charge in [0.05, 0.1) is 26.4 Å². The number of carbonyl (C=O) groups is 1. The monoisotopic (exact) mass is 412 g/mol. The predicted molar refractivity (Wildman–Crippen MR) is 112 cm³/mol. The average Bonchev–Trinajstić information content (AvgIpc) is 2.74. The number of esters is 1. The van der Waals surface area contributed by atoms with Crippen molar-refractivity contribution in [3.8, 4) is 28.4 Å². The summed E-state index contributed by atoms with van der Waals surface area (Å²) in [7, 11) is 3.08. The molecule has 0 aliphatic carbocycles. The molecule has 1 atom stereocenters. The Balaban J connectivity index is 2.07. The number of hydrogen-bond acceptors (Lipinski definition) is 7. The fourth-order valence-electron chi connectivity index (χ4n) is 3.24. The van der Waals surface area contributed by atoms with Gasteiger partial charge in [-0.05, 0) is 62.2 Å². The molecule has 0 saturated carbocycles. The lowest BCUT2D eigenvalue weighted by molar-refractivity contribution is -0.150. The number of benzene rings is 2. The molecule has 1 heterocycles. The van der Waals surface area contributed by atoms with Gasteiger partial charge in [-0.2, -0.15) is 0 Å². The van der Waals surface area contributed by atoms with Gasteiger partial charge in [-0.25, -0.2) is 9.59 Å². The van der Waals surface area contributed by atoms with Crippen LogP contribution in [0.5, 0.6) is 17.2 Å². The molecule has 7 nitrogen and oxygen atoms in total. The molecule has 2 aromatic carbocycles. The molecule has 0 N–H and O–H groups in total. The Morgan fingerprint density at radius 1 is 1.07 bits per heavy atom. The molecule has 3 aromatic rings. The Morgan fingerprint density at radius 2 is 1.80 bits per heavy atom. The summed E-state index contributed by atoms with van der Waals surface area (Å²) in [6.07, 6.45) is -0.760. The maximum absolute atomic E-state index is 12.7. The first-order valence-corrected chi connectivity index (χ1v) is 9.52. The number of rotatable bonds is 7. The van der Waals surface area contributed by atoms with Crippen LogP contribution in [0.4, 0.5) is 0 Å². The van der Waals surface area contributed by atoms with Crippen LogP contribution in [0.25, 0.3) is 22.1 Å². The molecule has 0 radical (unpaired) electrons. The van der Waals surface area contributed by atoms with Crippen LogP contribution in [-0.2, 0) is 9.53 Å². The molecule has 0 unspecified atom stereocenters. The Kier molecular flexibility index (Phi) is 6.30. The Morgan fingerprint density at radius 3 is 2.47 bits per heavy atom. The molecule has 3 rings (SSSR count). The van der Waals surface area contributed by atoms with E-state index < -0.39 is 17.7 Å². The second-order valence-corrected chi connectivity index (χ2v) is 6.63. The third-order valence-electron chi connectivity index (χ3n) is 4.74. The lowest BCUT2D eigenvalue weighted by Gasteiger charge is -2.15. The van der Waals surface area contributed by atoms with Crippen LogP contribution < -0.4 is 19.8 Å². The van der Waals surface area contributed by atoms with E-state index in [0.29, 0.717) is 39.3 Å². The van der Waals surface area contributed by atoms with Gasteiger partial charge < -0.3 is 23.4 Å². The highest BCUT2D eigenvalue weighted by molar-refractivity contribution is 5.88. The van der Waals surface area contributed by atoms with Gasteiger partial charge in [0.15, 0.2) is 17.6 Å². The molecule has 0 aliphatic rings. The van der Waals surface area contributed by atoms with E-state index in [-0.39, 0.29) is 6.61 Å². The standard InChI is InChI=1S/C23H24O7/c1-6-28-22(24)14(3)29-16-8-10-18-17(12-16)13(2)21(23(25)30-18)15-7-9-19(26-4)20(11-15)27-5/h7-12,14H,6H2,1-5H3/t14-/m0/s1. The third kappa shape index (κ3) is 4.10. The predicted octanol–water partition coefficient (Wildman–Crippen LogP) is 4.12. The van der Waals surface area contributed by atoms with Crippen molar-refractivity contribution < 1.29 is 28.2 Å². The van der Waals surface area contributed by atoms with E-state index in [1.807, 2.05) is 6.92 Å². The number of fused-ring (bicyclic) bond motifs is 1. The van der Waals surface area contributed by atoms with E-state index in [4.69, 9.17) is 23.4 Å². The summed E-state index contributed by atoms with van der Waals surface area (Å²) in [5.41, 5.74) is 1.76. The van der Waals surface area contributed by atoms with Crippen molar-refractivity contribution in [3.05, 3.63) is 52.4 Å². The van der Waals surface area contributed by atoms with E-state index in [1.54, 1.807) is 57.4 Å². The number of hydrogen-bond donors (Lipinski definition) is 0. The van der Waals surface area contributed by atoms with Crippen LogP contribution in [-0.4, -0.2) is 32.9 Å². The Labute approximate surface area is 174 Å². The zero-order valence-electron chi connectivity index (χ0n) is 17.6. The van der Waals surface area contributed by atoms with E-state index >= 15 is 0 Å². The minimum Gasteiger partial charge on any atom is -0.493 e. The lowest BCUT2D eigenvalue weighted by Crippen LogP contribution is -2.26. The largest absolute Gasteiger partial charge is 0.493 e. The van der Waals surface area contributed by atoms with E-state index in [0.717, 1.165) is 5.56 Å². The minimum absolute atomic E-state index is 0.281. The summed E-state index contributed by atoms with van der Waals surface area (Å²) < 4.78 is 26.8. The maximum atomic E-state index is 12.7. The highest BCUT2D eigenvalue weighted by Crippen LogP contribution is 2.34. The summed E-state index contributed by atoms with van der Waals surface area (Å²) >= 11 is 0. The molecule has 0 spiro atoms. The van der Waals surface area contributed by atoms with Gasteiger partial charge in [-0.1, -0.05) is 6.07 Å². The van der Waals surface area contributed by atoms with Crippen molar-refractivity contribution in [3.63, 3.8) is 0 Å². The van der Waals surface area contributed by atoms with Crippen molar-refractivity contribution >= 4 is 16.9 Å². The van der Waals surface area contributed by atoms with Gasteiger partial charge in [-0.15, -0.1) is 0 Å². The molecule has 30 heavy (non-hydrogen) atoms. The summed E-state index contributed by atoms with van der Waals surface area (Å²) in [6.45, 7) is 5.48. The van der Waals surface area contributed by atoms with E-state index in [1.165, 1.54) is 7.11 Å². The first kappa shape index (κ1) is 21.2. The second-order valence-electron chi connectivity index (χ2n) is 6.63. The molecule has 0 bridgehead atoms. The molecular weight excluding hydrogens is 388 g/mol. The lowest BCUT2D eigenvalue weighted by atomic mass is 9.99. The smallest absolute Gasteiger partial charge is 0.347 e. The fourth-order valence-corrected chi connectivity index (χ4v) is 3.24. The van der Waals surface area contributed by atoms with Crippen LogP contribution in [0.3, 0.4) is 0 Å². The minimum atomic E-state index is -0.760. The molecule has 0 amide bonds. The summed E-state index contributed by atoms with van der Waals surface area (Å²) in [5, 5.41) is 0.702. The molecule has 158 valence electrons. The van der Waals surface area contributed by atoms with Crippen LogP contribution in [0.2, 0.25) is 0 Å². The van der Waals surface area contributed by atoms with Crippen molar-refractivity contribution in [1.82, 2.24) is 0 Å². The van der Waals surface area contributed by atoms with Crippen molar-refractivity contribution in [1.29, 1.82) is 0 Å². The van der Waals surface area contributed by atoms with Crippen LogP contribution in [0.15, 0.2) is 45.6 Å². The number of aryl methyl sites for hydroxylation is 1. The Bertz CT molecular complexity index is 1130. The summed E-state index contributed by atoms with van der Waals surface area (Å²) in [4.78, 5) is 24.5. The van der Waals surface area contributed by atoms with Gasteiger partial charge in [0.2, 0.25) is 0 Å². The first-order valence-electron chi connectivity index (χ1n) is 9.52. The molecule has 1 aromatic heterocycles. The number of methoxy groups -OCH3 is 2. The van der Waals surface area contributed by atoms with E-state index in [9.17, 15) is 9.59 Å². The van der Waals surface area contributed by atoms with Crippen LogP contribution in [0, 0.1) is 6.92 Å². The van der Waals surface area contributed by atoms with Gasteiger partial charge in [0, 0.05) is 5.39 Å². The number of ether oxygens (including phenoxy) is 4. The quantitative estimate of drug-likeness (QED) is 0.426. The van der Waals surface area contributed by atoms with Gasteiger partial charge in [0.25, 0.3) is 0 Å². The zero-order chi connectivity index (χ0) is 21.8. The highest BCUT2D eigenvalue weighted by Gasteiger charge is 2.19. The van der Waals surface area contributed by atoms with E-state index in [2.05, 4.69) is 0 Å².